The summed E-state index contributed by atoms with van der Waals surface area (Å²) in [6.07, 6.45) is 2.30. The van der Waals surface area contributed by atoms with Gasteiger partial charge in [-0.05, 0) is 6.92 Å². The van der Waals surface area contributed by atoms with Crippen molar-refractivity contribution in [2.75, 3.05) is 12.1 Å². The highest BCUT2D eigenvalue weighted by atomic mass is 31.2. The van der Waals surface area contributed by atoms with Gasteiger partial charge in [0.25, 0.3) is 0 Å². The Balaban J connectivity index is 2.09. The van der Waals surface area contributed by atoms with Crippen LogP contribution in [0.15, 0.2) is 12.5 Å². The van der Waals surface area contributed by atoms with Gasteiger partial charge in [-0.3, -0.25) is 4.57 Å². The Labute approximate surface area is 108 Å². The highest BCUT2D eigenvalue weighted by Crippen LogP contribution is 2.34. The van der Waals surface area contributed by atoms with E-state index in [9.17, 15) is 4.57 Å². The Bertz CT molecular complexity index is 624. The van der Waals surface area contributed by atoms with E-state index in [0.29, 0.717) is 12.1 Å². The first kappa shape index (κ1) is 13.9. The average Bonchev–Trinajstić information content (AvgIpc) is 2.71. The molecule has 0 radical (unpaired) electrons. The maximum atomic E-state index is 10.7. The Morgan fingerprint density at radius 1 is 1.53 bits per heavy atom. The average molecular weight is 287 g/mol. The van der Waals surface area contributed by atoms with Gasteiger partial charge in [-0.2, -0.15) is 5.10 Å². The van der Waals surface area contributed by atoms with Crippen LogP contribution in [0.25, 0.3) is 5.65 Å². The van der Waals surface area contributed by atoms with Crippen molar-refractivity contribution < 1.29 is 19.1 Å². The summed E-state index contributed by atoms with van der Waals surface area (Å²) in [5.41, 5.74) is 6.82. The fourth-order valence-electron chi connectivity index (χ4n) is 1.60. The lowest BCUT2D eigenvalue weighted by Crippen LogP contribution is -2.14. The van der Waals surface area contributed by atoms with Crippen molar-refractivity contribution in [3.05, 3.63) is 18.2 Å². The predicted octanol–water partition coefficient (Wildman–Crippen LogP) is -0.211. The zero-order valence-corrected chi connectivity index (χ0v) is 11.1. The second-order valence-electron chi connectivity index (χ2n) is 4.11. The van der Waals surface area contributed by atoms with Crippen LogP contribution in [0, 0.1) is 0 Å². The Morgan fingerprint density at radius 2 is 2.26 bits per heavy atom. The quantitative estimate of drug-likeness (QED) is 0.642. The second kappa shape index (κ2) is 5.22. The van der Waals surface area contributed by atoms with Gasteiger partial charge in [-0.1, -0.05) is 0 Å². The van der Waals surface area contributed by atoms with Crippen LogP contribution in [-0.2, 0) is 15.7 Å². The summed E-state index contributed by atoms with van der Waals surface area (Å²) in [5, 5.41) is 4.02. The molecule has 0 amide bonds. The molecule has 0 spiro atoms. The fourth-order valence-corrected chi connectivity index (χ4v) is 2.05. The highest BCUT2D eigenvalue weighted by Gasteiger charge is 2.17. The number of aromatic nitrogens is 4. The number of anilines is 1. The summed E-state index contributed by atoms with van der Waals surface area (Å²) in [7, 11) is -4.16. The summed E-state index contributed by atoms with van der Waals surface area (Å²) < 4.78 is 17.3. The number of fused-ring (bicyclic) bond motifs is 1. The number of imidazole rings is 1. The Hall–Kier alpha value is -1.54. The molecule has 9 nitrogen and oxygen atoms in total. The van der Waals surface area contributed by atoms with E-state index < -0.39 is 13.9 Å². The van der Waals surface area contributed by atoms with Gasteiger partial charge >= 0.3 is 7.60 Å². The van der Waals surface area contributed by atoms with Gasteiger partial charge in [0, 0.05) is 6.42 Å². The number of hydrogen-bond donors (Lipinski definition) is 3. The van der Waals surface area contributed by atoms with Crippen molar-refractivity contribution >= 4 is 19.1 Å². The van der Waals surface area contributed by atoms with Crippen LogP contribution >= 0.6 is 7.60 Å². The summed E-state index contributed by atoms with van der Waals surface area (Å²) in [4.78, 5) is 25.4. The molecular formula is C9H14N5O4P. The molecule has 1 atom stereocenters. The SMILES string of the molecule is CC(Cc1cnc2c(N)ncnn12)OCP(=O)(O)O. The van der Waals surface area contributed by atoms with Crippen LogP contribution in [-0.4, -0.2) is 41.8 Å². The van der Waals surface area contributed by atoms with E-state index in [4.69, 9.17) is 20.3 Å². The van der Waals surface area contributed by atoms with Crippen molar-refractivity contribution in [1.82, 2.24) is 19.6 Å². The number of hydrogen-bond acceptors (Lipinski definition) is 6. The van der Waals surface area contributed by atoms with Crippen molar-refractivity contribution in [1.29, 1.82) is 0 Å². The predicted molar refractivity (Wildman–Crippen MR) is 66.4 cm³/mol. The number of nitrogens with two attached hydrogens (primary N) is 1. The monoisotopic (exact) mass is 287 g/mol. The lowest BCUT2D eigenvalue weighted by molar-refractivity contribution is 0.0877. The Morgan fingerprint density at radius 3 is 2.95 bits per heavy atom. The first-order valence-electron chi connectivity index (χ1n) is 5.46. The minimum absolute atomic E-state index is 0.269. The normalized spacial score (nSPS) is 13.8. The maximum Gasteiger partial charge on any atom is 0.350 e. The van der Waals surface area contributed by atoms with E-state index in [-0.39, 0.29) is 11.9 Å². The zero-order valence-electron chi connectivity index (χ0n) is 10.2. The topological polar surface area (TPSA) is 136 Å². The van der Waals surface area contributed by atoms with Crippen molar-refractivity contribution in [3.63, 3.8) is 0 Å². The van der Waals surface area contributed by atoms with Crippen molar-refractivity contribution in [2.24, 2.45) is 0 Å². The molecule has 10 heteroatoms. The third-order valence-corrected chi connectivity index (χ3v) is 2.91. The fraction of sp³-hybridized carbons (Fsp3) is 0.444. The summed E-state index contributed by atoms with van der Waals surface area (Å²) in [6.45, 7) is 1.71. The molecule has 0 aliphatic heterocycles. The molecule has 1 unspecified atom stereocenters. The van der Waals surface area contributed by atoms with E-state index in [1.807, 2.05) is 0 Å². The molecular weight excluding hydrogens is 273 g/mol. The van der Waals surface area contributed by atoms with Gasteiger partial charge in [0.05, 0.1) is 18.0 Å². The van der Waals surface area contributed by atoms with Gasteiger partial charge in [-0.15, -0.1) is 0 Å². The Kier molecular flexibility index (Phi) is 3.81. The number of nitrogen functional groups attached to an aromatic ring is 1. The molecule has 2 rings (SSSR count). The molecule has 4 N–H and O–H groups in total. The number of rotatable bonds is 5. The summed E-state index contributed by atoms with van der Waals surface area (Å²) in [5.74, 6) is 0.269. The van der Waals surface area contributed by atoms with Crippen LogP contribution in [0.4, 0.5) is 5.82 Å². The third-order valence-electron chi connectivity index (χ3n) is 2.43. The lowest BCUT2D eigenvalue weighted by atomic mass is 10.2. The molecule has 2 heterocycles. The molecule has 19 heavy (non-hydrogen) atoms. The molecule has 0 aliphatic carbocycles. The summed E-state index contributed by atoms with van der Waals surface area (Å²) in [6, 6.07) is 0. The van der Waals surface area contributed by atoms with Crippen molar-refractivity contribution in [3.8, 4) is 0 Å². The van der Waals surface area contributed by atoms with E-state index in [2.05, 4.69) is 15.1 Å². The van der Waals surface area contributed by atoms with Gasteiger partial charge in [0.1, 0.15) is 12.7 Å². The zero-order chi connectivity index (χ0) is 14.0. The van der Waals surface area contributed by atoms with Gasteiger partial charge in [-0.25, -0.2) is 14.5 Å². The van der Waals surface area contributed by atoms with Gasteiger partial charge in [0.15, 0.2) is 11.5 Å². The van der Waals surface area contributed by atoms with Crippen LogP contribution in [0.3, 0.4) is 0 Å². The van der Waals surface area contributed by atoms with Gasteiger partial charge < -0.3 is 20.3 Å². The number of nitrogens with zero attached hydrogens (tertiary/aromatic N) is 4. The molecule has 0 saturated heterocycles. The van der Waals surface area contributed by atoms with E-state index in [1.54, 1.807) is 13.1 Å². The molecule has 0 aromatic carbocycles. The third kappa shape index (κ3) is 3.48. The van der Waals surface area contributed by atoms with E-state index >= 15 is 0 Å². The van der Waals surface area contributed by atoms with Crippen LogP contribution < -0.4 is 5.73 Å². The first-order chi connectivity index (χ1) is 8.87. The van der Waals surface area contributed by atoms with E-state index in [1.165, 1.54) is 10.8 Å². The standard InChI is InChI=1S/C9H14N5O4P/c1-6(18-5-19(15,16)17)2-7-3-11-9-8(10)12-4-13-14(7)9/h3-4,6H,2,5H2,1H3,(H2,10,12,13)(H2,15,16,17). The van der Waals surface area contributed by atoms with Gasteiger partial charge in [0.2, 0.25) is 0 Å². The molecule has 2 aromatic rings. The largest absolute Gasteiger partial charge is 0.381 e. The lowest BCUT2D eigenvalue weighted by Gasteiger charge is -2.13. The minimum Gasteiger partial charge on any atom is -0.381 e. The molecule has 104 valence electrons. The van der Waals surface area contributed by atoms with Crippen LogP contribution in [0.1, 0.15) is 12.6 Å². The highest BCUT2D eigenvalue weighted by molar-refractivity contribution is 7.51. The molecule has 0 fully saturated rings. The van der Waals surface area contributed by atoms with Crippen LogP contribution in [0.5, 0.6) is 0 Å². The van der Waals surface area contributed by atoms with Crippen LogP contribution in [0.2, 0.25) is 0 Å². The second-order valence-corrected chi connectivity index (χ2v) is 5.69. The molecule has 0 saturated carbocycles. The minimum atomic E-state index is -4.16. The first-order valence-corrected chi connectivity index (χ1v) is 7.26. The van der Waals surface area contributed by atoms with E-state index in [0.717, 1.165) is 5.69 Å². The molecule has 0 aliphatic rings. The molecule has 0 bridgehead atoms. The smallest absolute Gasteiger partial charge is 0.350 e. The maximum absolute atomic E-state index is 10.7. The van der Waals surface area contributed by atoms with Crippen molar-refractivity contribution in [2.45, 2.75) is 19.4 Å². The summed E-state index contributed by atoms with van der Waals surface area (Å²) >= 11 is 0. The number of ether oxygens (including phenoxy) is 1. The molecule has 2 aromatic heterocycles.